The van der Waals surface area contributed by atoms with Gasteiger partial charge >= 0.3 is 0 Å². The standard InChI is InChI=1S/C10H13ClN2O2S/c1-16(14,15)13-10-5-4-8(6-9(10)11)12-7-2-3-7/h4-7,12-13H,2-3H2,1H3. The Morgan fingerprint density at radius 2 is 2.06 bits per heavy atom. The summed E-state index contributed by atoms with van der Waals surface area (Å²) in [6.07, 6.45) is 3.46. The van der Waals surface area contributed by atoms with Crippen molar-refractivity contribution in [1.82, 2.24) is 0 Å². The quantitative estimate of drug-likeness (QED) is 0.873. The second kappa shape index (κ2) is 4.14. The number of hydrogen-bond acceptors (Lipinski definition) is 3. The van der Waals surface area contributed by atoms with Crippen LogP contribution in [0.25, 0.3) is 0 Å². The summed E-state index contributed by atoms with van der Waals surface area (Å²) < 4.78 is 24.4. The lowest BCUT2D eigenvalue weighted by Gasteiger charge is -2.09. The molecule has 0 atom stereocenters. The fraction of sp³-hybridized carbons (Fsp3) is 0.400. The monoisotopic (exact) mass is 260 g/mol. The second-order valence-electron chi connectivity index (χ2n) is 3.99. The lowest BCUT2D eigenvalue weighted by Crippen LogP contribution is -2.10. The van der Waals surface area contributed by atoms with Gasteiger partial charge in [-0.3, -0.25) is 4.72 Å². The van der Waals surface area contributed by atoms with E-state index in [0.717, 1.165) is 11.9 Å². The molecule has 2 N–H and O–H groups in total. The van der Waals surface area contributed by atoms with Crippen LogP contribution in [0, 0.1) is 0 Å². The predicted octanol–water partition coefficient (Wildman–Crippen LogP) is 2.29. The van der Waals surface area contributed by atoms with Gasteiger partial charge in [-0.05, 0) is 31.0 Å². The number of rotatable bonds is 4. The molecule has 0 radical (unpaired) electrons. The lowest BCUT2D eigenvalue weighted by molar-refractivity contribution is 0.607. The van der Waals surface area contributed by atoms with Gasteiger partial charge < -0.3 is 5.32 Å². The number of anilines is 2. The molecule has 88 valence electrons. The molecule has 0 spiro atoms. The molecule has 4 nitrogen and oxygen atoms in total. The van der Waals surface area contributed by atoms with Crippen LogP contribution in [0.5, 0.6) is 0 Å². The summed E-state index contributed by atoms with van der Waals surface area (Å²) >= 11 is 5.97. The van der Waals surface area contributed by atoms with Gasteiger partial charge in [0.05, 0.1) is 17.0 Å². The highest BCUT2D eigenvalue weighted by atomic mass is 35.5. The van der Waals surface area contributed by atoms with E-state index < -0.39 is 10.0 Å². The first-order valence-corrected chi connectivity index (χ1v) is 7.25. The van der Waals surface area contributed by atoms with E-state index in [0.29, 0.717) is 16.8 Å². The van der Waals surface area contributed by atoms with Crippen LogP contribution >= 0.6 is 11.6 Å². The smallest absolute Gasteiger partial charge is 0.229 e. The molecule has 0 aromatic heterocycles. The Morgan fingerprint density at radius 1 is 1.38 bits per heavy atom. The van der Waals surface area contributed by atoms with Gasteiger partial charge in [0.25, 0.3) is 0 Å². The van der Waals surface area contributed by atoms with Gasteiger partial charge in [-0.2, -0.15) is 0 Å². The Bertz CT molecular complexity index is 498. The largest absolute Gasteiger partial charge is 0.382 e. The normalized spacial score (nSPS) is 15.9. The molecule has 16 heavy (non-hydrogen) atoms. The highest BCUT2D eigenvalue weighted by Crippen LogP contribution is 2.30. The molecule has 1 fully saturated rings. The summed E-state index contributed by atoms with van der Waals surface area (Å²) in [5.74, 6) is 0. The Hall–Kier alpha value is -0.940. The molecule has 0 amide bonds. The SMILES string of the molecule is CS(=O)(=O)Nc1ccc(NC2CC2)cc1Cl. The highest BCUT2D eigenvalue weighted by Gasteiger charge is 2.20. The third-order valence-corrected chi connectivity index (χ3v) is 3.12. The fourth-order valence-corrected chi connectivity index (χ4v) is 2.21. The Morgan fingerprint density at radius 3 is 2.56 bits per heavy atom. The average molecular weight is 261 g/mol. The van der Waals surface area contributed by atoms with Gasteiger partial charge in [0.2, 0.25) is 10.0 Å². The van der Waals surface area contributed by atoms with Crippen LogP contribution in [0.4, 0.5) is 11.4 Å². The van der Waals surface area contributed by atoms with Crippen molar-refractivity contribution in [3.8, 4) is 0 Å². The van der Waals surface area contributed by atoms with E-state index in [1.54, 1.807) is 12.1 Å². The fourth-order valence-electron chi connectivity index (χ4n) is 1.35. The average Bonchev–Trinajstić information content (AvgIpc) is 2.92. The molecule has 0 heterocycles. The third-order valence-electron chi connectivity index (χ3n) is 2.21. The van der Waals surface area contributed by atoms with Gasteiger partial charge in [-0.1, -0.05) is 11.6 Å². The molecule has 1 aliphatic rings. The summed E-state index contributed by atoms with van der Waals surface area (Å²) in [4.78, 5) is 0. The zero-order valence-electron chi connectivity index (χ0n) is 8.83. The van der Waals surface area contributed by atoms with Gasteiger partial charge in [0.15, 0.2) is 0 Å². The van der Waals surface area contributed by atoms with Crippen molar-refractivity contribution < 1.29 is 8.42 Å². The minimum atomic E-state index is -3.28. The first-order valence-electron chi connectivity index (χ1n) is 4.98. The van der Waals surface area contributed by atoms with E-state index in [-0.39, 0.29) is 0 Å². The number of hydrogen-bond donors (Lipinski definition) is 2. The summed E-state index contributed by atoms with van der Waals surface area (Å²) in [5, 5.41) is 3.68. The maximum absolute atomic E-state index is 11.0. The first kappa shape index (κ1) is 11.5. The maximum Gasteiger partial charge on any atom is 0.229 e. The number of sulfonamides is 1. The van der Waals surface area contributed by atoms with Crippen LogP contribution in [-0.4, -0.2) is 20.7 Å². The summed E-state index contributed by atoms with van der Waals surface area (Å²) in [5.41, 5.74) is 1.33. The van der Waals surface area contributed by atoms with Crippen LogP contribution in [-0.2, 0) is 10.0 Å². The molecule has 0 unspecified atom stereocenters. The topological polar surface area (TPSA) is 58.2 Å². The Labute approximate surface area is 100 Å². The molecular formula is C10H13ClN2O2S. The molecule has 1 saturated carbocycles. The molecule has 2 rings (SSSR count). The van der Waals surface area contributed by atoms with E-state index in [1.807, 2.05) is 6.07 Å². The van der Waals surface area contributed by atoms with Crippen LogP contribution in [0.2, 0.25) is 5.02 Å². The molecule has 0 bridgehead atoms. The summed E-state index contributed by atoms with van der Waals surface area (Å²) in [6.45, 7) is 0. The van der Waals surface area contributed by atoms with Crippen molar-refractivity contribution in [3.05, 3.63) is 23.2 Å². The van der Waals surface area contributed by atoms with E-state index >= 15 is 0 Å². The van der Waals surface area contributed by atoms with Crippen molar-refractivity contribution in [2.24, 2.45) is 0 Å². The zero-order chi connectivity index (χ0) is 11.8. The van der Waals surface area contributed by atoms with Crippen LogP contribution in [0.15, 0.2) is 18.2 Å². The molecule has 6 heteroatoms. The number of benzene rings is 1. The molecule has 0 aliphatic heterocycles. The van der Waals surface area contributed by atoms with Gasteiger partial charge in [-0.25, -0.2) is 8.42 Å². The maximum atomic E-state index is 11.0. The van der Waals surface area contributed by atoms with Gasteiger partial charge in [0, 0.05) is 11.7 Å². The minimum absolute atomic E-state index is 0.399. The summed E-state index contributed by atoms with van der Waals surface area (Å²) in [6, 6.07) is 5.75. The summed E-state index contributed by atoms with van der Waals surface area (Å²) in [7, 11) is -3.28. The second-order valence-corrected chi connectivity index (χ2v) is 6.14. The predicted molar refractivity (Wildman–Crippen MR) is 66.6 cm³/mol. The van der Waals surface area contributed by atoms with Crippen molar-refractivity contribution >= 4 is 33.0 Å². The van der Waals surface area contributed by atoms with E-state index in [4.69, 9.17) is 11.6 Å². The van der Waals surface area contributed by atoms with Crippen molar-refractivity contribution in [2.75, 3.05) is 16.3 Å². The molecule has 0 saturated heterocycles. The molecule has 1 aromatic rings. The zero-order valence-corrected chi connectivity index (χ0v) is 10.4. The van der Waals surface area contributed by atoms with Gasteiger partial charge in [-0.15, -0.1) is 0 Å². The van der Waals surface area contributed by atoms with E-state index in [1.165, 1.54) is 12.8 Å². The third kappa shape index (κ3) is 3.28. The van der Waals surface area contributed by atoms with Crippen molar-refractivity contribution in [2.45, 2.75) is 18.9 Å². The van der Waals surface area contributed by atoms with Crippen molar-refractivity contribution in [3.63, 3.8) is 0 Å². The lowest BCUT2D eigenvalue weighted by atomic mass is 10.3. The van der Waals surface area contributed by atoms with Crippen LogP contribution < -0.4 is 10.0 Å². The Balaban J connectivity index is 2.15. The molecule has 1 aliphatic carbocycles. The Kier molecular flexibility index (Phi) is 2.99. The highest BCUT2D eigenvalue weighted by molar-refractivity contribution is 7.92. The molecule has 1 aromatic carbocycles. The number of halogens is 1. The van der Waals surface area contributed by atoms with Crippen molar-refractivity contribution in [1.29, 1.82) is 0 Å². The molecular weight excluding hydrogens is 248 g/mol. The minimum Gasteiger partial charge on any atom is -0.382 e. The van der Waals surface area contributed by atoms with Gasteiger partial charge in [0.1, 0.15) is 0 Å². The van der Waals surface area contributed by atoms with E-state index in [2.05, 4.69) is 10.0 Å². The van der Waals surface area contributed by atoms with Crippen LogP contribution in [0.1, 0.15) is 12.8 Å². The first-order chi connectivity index (χ1) is 7.44. The van der Waals surface area contributed by atoms with Crippen LogP contribution in [0.3, 0.4) is 0 Å². The van der Waals surface area contributed by atoms with E-state index in [9.17, 15) is 8.42 Å². The number of nitrogens with one attached hydrogen (secondary N) is 2.